The maximum absolute atomic E-state index is 12.8. The third-order valence-electron chi connectivity index (χ3n) is 7.55. The fourth-order valence-corrected chi connectivity index (χ4v) is 5.20. The summed E-state index contributed by atoms with van der Waals surface area (Å²) in [7, 11) is 1.77. The van der Waals surface area contributed by atoms with E-state index in [2.05, 4.69) is 30.7 Å². The third kappa shape index (κ3) is 5.35. The van der Waals surface area contributed by atoms with Crippen LogP contribution in [0, 0.1) is 0 Å². The minimum atomic E-state index is 0.288. The highest BCUT2D eigenvalue weighted by atomic mass is 16.2. The van der Waals surface area contributed by atoms with E-state index < -0.39 is 0 Å². The maximum atomic E-state index is 12.8. The van der Waals surface area contributed by atoms with Crippen LogP contribution in [0.2, 0.25) is 0 Å². The fourth-order valence-electron chi connectivity index (χ4n) is 5.20. The lowest BCUT2D eigenvalue weighted by molar-refractivity contribution is -0.840. The molecule has 3 aliphatic rings. The van der Waals surface area contributed by atoms with Gasteiger partial charge in [0.15, 0.2) is 0 Å². The molecule has 1 saturated carbocycles. The summed E-state index contributed by atoms with van der Waals surface area (Å²) in [6, 6.07) is 8.95. The molecule has 0 unspecified atom stereocenters. The molecule has 0 spiro atoms. The van der Waals surface area contributed by atoms with Gasteiger partial charge in [-0.25, -0.2) is 9.97 Å². The molecule has 8 heteroatoms. The van der Waals surface area contributed by atoms with E-state index in [1.165, 1.54) is 24.2 Å². The molecular weight excluding hydrogens is 426 g/mol. The molecule has 1 amide bonds. The Bertz CT molecular complexity index is 988. The average molecular weight is 463 g/mol. The van der Waals surface area contributed by atoms with Crippen molar-refractivity contribution >= 4 is 17.9 Å². The van der Waals surface area contributed by atoms with E-state index in [1.807, 2.05) is 36.8 Å². The Kier molecular flexibility index (Phi) is 7.27. The number of aliphatic imine (C=N–C) groups is 1. The summed E-state index contributed by atoms with van der Waals surface area (Å²) < 4.78 is 0. The zero-order valence-electron chi connectivity index (χ0n) is 20.2. The highest BCUT2D eigenvalue weighted by Gasteiger charge is 2.31. The van der Waals surface area contributed by atoms with Crippen molar-refractivity contribution in [3.8, 4) is 11.3 Å². The topological polar surface area (TPSA) is 69.4 Å². The van der Waals surface area contributed by atoms with Crippen LogP contribution in [0.1, 0.15) is 24.8 Å². The number of quaternary nitrogens is 1. The number of benzene rings is 1. The number of piperazine rings is 2. The van der Waals surface area contributed by atoms with Crippen molar-refractivity contribution in [2.45, 2.75) is 25.3 Å². The van der Waals surface area contributed by atoms with Crippen LogP contribution in [0.3, 0.4) is 0 Å². The maximum Gasteiger partial charge on any atom is 0.244 e. The van der Waals surface area contributed by atoms with Gasteiger partial charge in [0.05, 0.1) is 31.5 Å². The highest BCUT2D eigenvalue weighted by molar-refractivity contribution is 5.82. The van der Waals surface area contributed by atoms with Crippen LogP contribution in [0.25, 0.3) is 11.3 Å². The first-order valence-corrected chi connectivity index (χ1v) is 12.6. The molecule has 0 bridgehead atoms. The van der Waals surface area contributed by atoms with Gasteiger partial charge in [0.2, 0.25) is 11.7 Å². The number of carbonyl (C=O) groups excluding carboxylic acids is 1. The summed E-state index contributed by atoms with van der Waals surface area (Å²) in [5.41, 5.74) is 2.97. The van der Waals surface area contributed by atoms with Crippen LogP contribution in [0.5, 0.6) is 0 Å². The molecule has 1 aromatic carbocycles. The Morgan fingerprint density at radius 3 is 2.53 bits per heavy atom. The normalized spacial score (nSPS) is 21.1. The average Bonchev–Trinajstić information content (AvgIpc) is 2.84. The summed E-state index contributed by atoms with van der Waals surface area (Å²) in [5.74, 6) is 1.27. The van der Waals surface area contributed by atoms with Gasteiger partial charge in [-0.1, -0.05) is 24.6 Å². The molecule has 2 aliphatic heterocycles. The number of nitrogens with zero attached hydrogens (tertiary/aromatic N) is 6. The first-order chi connectivity index (χ1) is 16.7. The SMILES string of the molecule is CN=Cc1cccc(-c2cnc([NH+]3CCN(CC(=O)N4CCN(C5CCC5)CC4)CC3)cn2)c1. The number of hydrogen-bond donors (Lipinski definition) is 1. The quantitative estimate of drug-likeness (QED) is 0.641. The minimum absolute atomic E-state index is 0.288. The second-order valence-electron chi connectivity index (χ2n) is 9.68. The number of rotatable bonds is 6. The molecule has 0 atom stereocenters. The second-order valence-corrected chi connectivity index (χ2v) is 9.68. The van der Waals surface area contributed by atoms with E-state index in [9.17, 15) is 4.79 Å². The molecule has 34 heavy (non-hydrogen) atoms. The van der Waals surface area contributed by atoms with Gasteiger partial charge in [-0.15, -0.1) is 0 Å². The van der Waals surface area contributed by atoms with E-state index in [0.717, 1.165) is 81.0 Å². The number of amides is 1. The van der Waals surface area contributed by atoms with Crippen molar-refractivity contribution in [1.29, 1.82) is 0 Å². The van der Waals surface area contributed by atoms with Crippen molar-refractivity contribution in [3.63, 3.8) is 0 Å². The van der Waals surface area contributed by atoms with Crippen molar-refractivity contribution in [2.24, 2.45) is 4.99 Å². The molecule has 3 fully saturated rings. The first kappa shape index (κ1) is 23.1. The molecule has 180 valence electrons. The van der Waals surface area contributed by atoms with Gasteiger partial charge in [-0.2, -0.15) is 0 Å². The lowest BCUT2D eigenvalue weighted by Crippen LogP contribution is -3.10. The zero-order chi connectivity index (χ0) is 23.3. The number of carbonyl (C=O) groups is 1. The van der Waals surface area contributed by atoms with Crippen LogP contribution in [0.4, 0.5) is 5.82 Å². The molecule has 1 aromatic heterocycles. The van der Waals surface area contributed by atoms with Gasteiger partial charge in [-0.3, -0.25) is 24.5 Å². The number of nitrogens with one attached hydrogen (secondary N) is 1. The molecule has 8 nitrogen and oxygen atoms in total. The van der Waals surface area contributed by atoms with E-state index in [1.54, 1.807) is 7.05 Å². The molecular formula is C26H36N7O+. The van der Waals surface area contributed by atoms with E-state index in [0.29, 0.717) is 6.54 Å². The third-order valence-corrected chi connectivity index (χ3v) is 7.55. The molecule has 2 saturated heterocycles. The summed E-state index contributed by atoms with van der Waals surface area (Å²) in [4.78, 5) is 34.6. The summed E-state index contributed by atoms with van der Waals surface area (Å²) in [5, 5.41) is 0. The van der Waals surface area contributed by atoms with Crippen LogP contribution >= 0.6 is 0 Å². The van der Waals surface area contributed by atoms with Crippen LogP contribution in [0.15, 0.2) is 41.7 Å². The predicted molar refractivity (Wildman–Crippen MR) is 134 cm³/mol. The van der Waals surface area contributed by atoms with Crippen LogP contribution < -0.4 is 4.90 Å². The van der Waals surface area contributed by atoms with Gasteiger partial charge in [0.25, 0.3) is 0 Å². The second kappa shape index (κ2) is 10.7. The zero-order valence-corrected chi connectivity index (χ0v) is 20.2. The van der Waals surface area contributed by atoms with Gasteiger partial charge in [0.1, 0.15) is 6.20 Å². The Hall–Kier alpha value is -2.68. The standard InChI is InChI=1S/C26H35N7O/c1-27-17-21-4-2-5-22(16-21)24-18-29-25(19-28-24)32-10-8-30(9-11-32)20-26(34)33-14-12-31(13-15-33)23-6-3-7-23/h2,4-5,16-19,23H,3,6-15,20H2,1H3/p+1. The van der Waals surface area contributed by atoms with E-state index in [4.69, 9.17) is 4.98 Å². The van der Waals surface area contributed by atoms with E-state index >= 15 is 0 Å². The fraction of sp³-hybridized carbons (Fsp3) is 0.538. The van der Waals surface area contributed by atoms with Crippen LogP contribution in [-0.2, 0) is 4.79 Å². The first-order valence-electron chi connectivity index (χ1n) is 12.6. The monoisotopic (exact) mass is 462 g/mol. The summed E-state index contributed by atoms with van der Waals surface area (Å²) >= 11 is 0. The Morgan fingerprint density at radius 2 is 1.88 bits per heavy atom. The Morgan fingerprint density at radius 1 is 1.09 bits per heavy atom. The van der Waals surface area contributed by atoms with Crippen molar-refractivity contribution in [1.82, 2.24) is 24.7 Å². The van der Waals surface area contributed by atoms with Gasteiger partial charge in [-0.05, 0) is 24.5 Å². The molecule has 1 N–H and O–H groups in total. The van der Waals surface area contributed by atoms with E-state index in [-0.39, 0.29) is 5.91 Å². The van der Waals surface area contributed by atoms with Crippen molar-refractivity contribution in [3.05, 3.63) is 42.2 Å². The highest BCUT2D eigenvalue weighted by Crippen LogP contribution is 2.25. The van der Waals surface area contributed by atoms with Gasteiger partial charge < -0.3 is 4.90 Å². The molecule has 0 radical (unpaired) electrons. The Balaban J connectivity index is 1.09. The van der Waals surface area contributed by atoms with Crippen molar-refractivity contribution in [2.75, 3.05) is 66.0 Å². The largest absolute Gasteiger partial charge is 0.339 e. The smallest absolute Gasteiger partial charge is 0.244 e. The van der Waals surface area contributed by atoms with Crippen LogP contribution in [-0.4, -0.2) is 109 Å². The predicted octanol–water partition coefficient (Wildman–Crippen LogP) is 0.721. The summed E-state index contributed by atoms with van der Waals surface area (Å²) in [6.45, 7) is 8.10. The summed E-state index contributed by atoms with van der Waals surface area (Å²) in [6.07, 6.45) is 9.66. The van der Waals surface area contributed by atoms with Gasteiger partial charge >= 0.3 is 0 Å². The van der Waals surface area contributed by atoms with Gasteiger partial charge in [0, 0.05) is 64.1 Å². The minimum Gasteiger partial charge on any atom is -0.339 e. The lowest BCUT2D eigenvalue weighted by Gasteiger charge is -2.43. The molecule has 2 aromatic rings. The number of aromatic nitrogens is 2. The molecule has 1 aliphatic carbocycles. The van der Waals surface area contributed by atoms with Crippen molar-refractivity contribution < 1.29 is 9.69 Å². The number of hydrogen-bond acceptors (Lipinski definition) is 6. The molecule has 5 rings (SSSR count). The lowest BCUT2D eigenvalue weighted by atomic mass is 9.91. The Labute approximate surface area is 202 Å². The molecule has 3 heterocycles.